The van der Waals surface area contributed by atoms with Crippen LogP contribution in [0, 0.1) is 5.92 Å². The maximum Gasteiger partial charge on any atom is 0.111 e. The molecule has 0 spiro atoms. The van der Waals surface area contributed by atoms with E-state index >= 15 is 0 Å². The fourth-order valence-corrected chi connectivity index (χ4v) is 3.72. The summed E-state index contributed by atoms with van der Waals surface area (Å²) in [6.07, 6.45) is 2.44. The molecule has 17 heavy (non-hydrogen) atoms. The minimum Gasteiger partial charge on any atom is -0.308 e. The van der Waals surface area contributed by atoms with Gasteiger partial charge in [-0.3, -0.25) is 0 Å². The van der Waals surface area contributed by atoms with Gasteiger partial charge in [0, 0.05) is 0 Å². The molecule has 4 heteroatoms. The Labute approximate surface area is 110 Å². The summed E-state index contributed by atoms with van der Waals surface area (Å²) in [4.78, 5) is 4.70. The van der Waals surface area contributed by atoms with Gasteiger partial charge in [0.2, 0.25) is 0 Å². The van der Waals surface area contributed by atoms with Crippen LogP contribution in [0.1, 0.15) is 30.8 Å². The maximum atomic E-state index is 6.19. The third-order valence-electron chi connectivity index (χ3n) is 3.35. The van der Waals surface area contributed by atoms with Gasteiger partial charge in [0.1, 0.15) is 5.01 Å². The molecule has 0 saturated carbocycles. The van der Waals surface area contributed by atoms with E-state index < -0.39 is 0 Å². The van der Waals surface area contributed by atoms with Crippen molar-refractivity contribution in [2.75, 3.05) is 6.54 Å². The van der Waals surface area contributed by atoms with Crippen LogP contribution in [0.15, 0.2) is 18.2 Å². The summed E-state index contributed by atoms with van der Waals surface area (Å²) in [5.41, 5.74) is 1.03. The molecule has 90 valence electrons. The summed E-state index contributed by atoms with van der Waals surface area (Å²) in [6, 6.07) is 6.34. The number of halogens is 1. The highest BCUT2D eigenvalue weighted by atomic mass is 35.5. The number of nitrogens with one attached hydrogen (secondary N) is 1. The molecule has 1 N–H and O–H groups in total. The molecule has 0 radical (unpaired) electrons. The number of fused-ring (bicyclic) bond motifs is 1. The Hall–Kier alpha value is -0.640. The van der Waals surface area contributed by atoms with Gasteiger partial charge in [-0.25, -0.2) is 4.98 Å². The predicted octanol–water partition coefficient (Wildman–Crippen LogP) is 4.01. The second-order valence-corrected chi connectivity index (χ2v) is 6.21. The van der Waals surface area contributed by atoms with Gasteiger partial charge in [-0.05, 0) is 37.4 Å². The van der Waals surface area contributed by atoms with E-state index in [0.29, 0.717) is 6.04 Å². The molecule has 1 aromatic heterocycles. The smallest absolute Gasteiger partial charge is 0.111 e. The molecular weight excluding hydrogens is 252 g/mol. The molecule has 3 rings (SSSR count). The number of nitrogens with zero attached hydrogens (tertiary/aromatic N) is 1. The van der Waals surface area contributed by atoms with Gasteiger partial charge in [-0.1, -0.05) is 24.6 Å². The Morgan fingerprint density at radius 2 is 2.35 bits per heavy atom. The Morgan fingerprint density at radius 3 is 3.12 bits per heavy atom. The first-order valence-electron chi connectivity index (χ1n) is 6.02. The zero-order valence-electron chi connectivity index (χ0n) is 9.74. The summed E-state index contributed by atoms with van der Waals surface area (Å²) in [6.45, 7) is 3.41. The first kappa shape index (κ1) is 11.5. The summed E-state index contributed by atoms with van der Waals surface area (Å²) in [5, 5.41) is 5.55. The van der Waals surface area contributed by atoms with E-state index in [1.807, 2.05) is 18.2 Å². The fraction of sp³-hybridized carbons (Fsp3) is 0.462. The van der Waals surface area contributed by atoms with Gasteiger partial charge >= 0.3 is 0 Å². The number of hydrogen-bond donors (Lipinski definition) is 1. The Morgan fingerprint density at radius 1 is 1.47 bits per heavy atom. The summed E-state index contributed by atoms with van der Waals surface area (Å²) >= 11 is 7.91. The lowest BCUT2D eigenvalue weighted by atomic mass is 9.95. The van der Waals surface area contributed by atoms with Crippen LogP contribution in [-0.4, -0.2) is 11.5 Å². The van der Waals surface area contributed by atoms with Crippen LogP contribution in [0.25, 0.3) is 10.2 Å². The molecule has 2 aromatic rings. The number of rotatable bonds is 1. The van der Waals surface area contributed by atoms with Crippen molar-refractivity contribution in [1.29, 1.82) is 0 Å². The number of benzene rings is 1. The minimum atomic E-state index is 0.409. The molecule has 2 heterocycles. The van der Waals surface area contributed by atoms with E-state index in [0.717, 1.165) is 27.7 Å². The first-order valence-corrected chi connectivity index (χ1v) is 7.22. The lowest BCUT2D eigenvalue weighted by molar-refractivity contribution is 0.325. The summed E-state index contributed by atoms with van der Waals surface area (Å²) in [7, 11) is 0. The second kappa shape index (κ2) is 4.56. The van der Waals surface area contributed by atoms with Crippen molar-refractivity contribution in [2.24, 2.45) is 5.92 Å². The lowest BCUT2D eigenvalue weighted by Crippen LogP contribution is -2.30. The number of hydrogen-bond acceptors (Lipinski definition) is 3. The molecule has 1 aliphatic heterocycles. The van der Waals surface area contributed by atoms with Crippen LogP contribution < -0.4 is 5.32 Å². The van der Waals surface area contributed by atoms with Crippen LogP contribution in [0.2, 0.25) is 5.02 Å². The Kier molecular flexibility index (Phi) is 3.07. The van der Waals surface area contributed by atoms with Crippen molar-refractivity contribution in [2.45, 2.75) is 25.8 Å². The van der Waals surface area contributed by atoms with Crippen LogP contribution in [0.3, 0.4) is 0 Å². The van der Waals surface area contributed by atoms with E-state index in [-0.39, 0.29) is 0 Å². The van der Waals surface area contributed by atoms with E-state index in [1.165, 1.54) is 17.8 Å². The molecule has 0 aliphatic carbocycles. The normalized spacial score (nSPS) is 25.3. The Bertz CT molecular complexity index is 537. The zero-order valence-corrected chi connectivity index (χ0v) is 11.3. The van der Waals surface area contributed by atoms with Crippen LogP contribution in [-0.2, 0) is 0 Å². The molecule has 0 amide bonds. The van der Waals surface area contributed by atoms with Crippen LogP contribution >= 0.6 is 22.9 Å². The van der Waals surface area contributed by atoms with Gasteiger partial charge < -0.3 is 5.32 Å². The average molecular weight is 267 g/mol. The molecule has 0 bridgehead atoms. The van der Waals surface area contributed by atoms with Gasteiger partial charge in [0.25, 0.3) is 0 Å². The van der Waals surface area contributed by atoms with Gasteiger partial charge in [0.15, 0.2) is 0 Å². The summed E-state index contributed by atoms with van der Waals surface area (Å²) < 4.78 is 1.11. The number of thiazole rings is 1. The molecule has 1 saturated heterocycles. The van der Waals surface area contributed by atoms with Gasteiger partial charge in [-0.2, -0.15) is 0 Å². The van der Waals surface area contributed by atoms with Crippen molar-refractivity contribution < 1.29 is 0 Å². The number of aromatic nitrogens is 1. The highest BCUT2D eigenvalue weighted by Gasteiger charge is 2.22. The number of piperidine rings is 1. The van der Waals surface area contributed by atoms with Gasteiger partial charge in [0.05, 0.1) is 21.3 Å². The monoisotopic (exact) mass is 266 g/mol. The molecule has 1 aliphatic rings. The molecule has 1 aromatic carbocycles. The highest BCUT2D eigenvalue weighted by molar-refractivity contribution is 7.19. The molecule has 2 unspecified atom stereocenters. The predicted molar refractivity (Wildman–Crippen MR) is 73.8 cm³/mol. The molecule has 2 nitrogen and oxygen atoms in total. The van der Waals surface area contributed by atoms with Gasteiger partial charge in [-0.15, -0.1) is 11.3 Å². The second-order valence-electron chi connectivity index (χ2n) is 4.78. The SMILES string of the molecule is CC1CCNC(c2nc3cccc(Cl)c3s2)C1. The maximum absolute atomic E-state index is 6.19. The quantitative estimate of drug-likeness (QED) is 0.844. The average Bonchev–Trinajstić information content (AvgIpc) is 2.74. The van der Waals surface area contributed by atoms with E-state index in [2.05, 4.69) is 12.2 Å². The van der Waals surface area contributed by atoms with Crippen molar-refractivity contribution in [1.82, 2.24) is 10.3 Å². The molecular formula is C13H15ClN2S. The largest absolute Gasteiger partial charge is 0.308 e. The van der Waals surface area contributed by atoms with Crippen molar-refractivity contribution >= 4 is 33.2 Å². The van der Waals surface area contributed by atoms with E-state index in [1.54, 1.807) is 11.3 Å². The van der Waals surface area contributed by atoms with Crippen LogP contribution in [0.5, 0.6) is 0 Å². The third kappa shape index (κ3) is 2.19. The first-order chi connectivity index (χ1) is 8.24. The van der Waals surface area contributed by atoms with E-state index in [9.17, 15) is 0 Å². The fourth-order valence-electron chi connectivity index (χ4n) is 2.38. The molecule has 2 atom stereocenters. The van der Waals surface area contributed by atoms with E-state index in [4.69, 9.17) is 16.6 Å². The topological polar surface area (TPSA) is 24.9 Å². The zero-order chi connectivity index (χ0) is 11.8. The molecule has 1 fully saturated rings. The highest BCUT2D eigenvalue weighted by Crippen LogP contribution is 2.35. The van der Waals surface area contributed by atoms with Crippen molar-refractivity contribution in [3.05, 3.63) is 28.2 Å². The summed E-state index contributed by atoms with van der Waals surface area (Å²) in [5.74, 6) is 0.781. The third-order valence-corrected chi connectivity index (χ3v) is 4.99. The minimum absolute atomic E-state index is 0.409. The van der Waals surface area contributed by atoms with Crippen molar-refractivity contribution in [3.63, 3.8) is 0 Å². The van der Waals surface area contributed by atoms with Crippen LogP contribution in [0.4, 0.5) is 0 Å². The Balaban J connectivity index is 1.97. The lowest BCUT2D eigenvalue weighted by Gasteiger charge is -2.26. The van der Waals surface area contributed by atoms with Crippen molar-refractivity contribution in [3.8, 4) is 0 Å². The standard InChI is InChI=1S/C13H15ClN2S/c1-8-5-6-15-11(7-8)13-16-10-4-2-3-9(14)12(10)17-13/h2-4,8,11,15H,5-7H2,1H3.